The summed E-state index contributed by atoms with van der Waals surface area (Å²) in [6.45, 7) is 2.21. The molecule has 0 spiro atoms. The SMILES string of the molecule is CCCCCCCCCCCCCCCCCCCCCCCCCCC(=O)NC(COC1OC(CO)C(OC2OC(CO)C(O)C(OC3(C(=O)O)CC(O)C(NC(C)=O)C(C(O)C(O)CO)O3)C2O)C(O)C1O)C(O)CCCCCCCCCCCCCC. The van der Waals surface area contributed by atoms with Crippen LogP contribution in [0.15, 0.2) is 0 Å². The summed E-state index contributed by atoms with van der Waals surface area (Å²) in [5.41, 5.74) is 0. The molecule has 0 aromatic heterocycles. The molecule has 530 valence electrons. The predicted octanol–water partition coefficient (Wildman–Crippen LogP) is 6.51. The van der Waals surface area contributed by atoms with E-state index in [9.17, 15) is 75.7 Å². The van der Waals surface area contributed by atoms with Gasteiger partial charge in [-0.2, -0.15) is 0 Å². The maximum Gasteiger partial charge on any atom is 0.364 e. The van der Waals surface area contributed by atoms with E-state index in [1.54, 1.807) is 0 Å². The molecule has 18 unspecified atom stereocenters. The average Bonchev–Trinajstić information content (AvgIpc) is 0.803. The third-order valence-electron chi connectivity index (χ3n) is 18.3. The Morgan fingerprint density at radius 2 is 0.967 bits per heavy atom. The normalized spacial score (nSPS) is 28.5. The summed E-state index contributed by atoms with van der Waals surface area (Å²) in [7, 11) is 0. The quantitative estimate of drug-likeness (QED) is 0.0288. The zero-order valence-corrected chi connectivity index (χ0v) is 55.3. The first kappa shape index (κ1) is 82.0. The second-order valence-electron chi connectivity index (χ2n) is 26.1. The highest BCUT2D eigenvalue weighted by Crippen LogP contribution is 2.39. The van der Waals surface area contributed by atoms with E-state index in [0.29, 0.717) is 19.3 Å². The summed E-state index contributed by atoms with van der Waals surface area (Å²) in [6.07, 6.45) is 15.5. The number of ether oxygens (including phenoxy) is 6. The van der Waals surface area contributed by atoms with Crippen molar-refractivity contribution in [3.05, 3.63) is 0 Å². The number of aliphatic hydroxyl groups excluding tert-OH is 11. The number of nitrogens with one attached hydrogen (secondary N) is 2. The third kappa shape index (κ3) is 30.6. The number of carboxylic acid groups (broad SMARTS) is 1. The first-order chi connectivity index (χ1) is 43.4. The highest BCUT2D eigenvalue weighted by atomic mass is 16.8. The van der Waals surface area contributed by atoms with Gasteiger partial charge in [-0.05, 0) is 12.8 Å². The molecular weight excluding hydrogens is 1170 g/mol. The van der Waals surface area contributed by atoms with Crippen LogP contribution in [0.4, 0.5) is 0 Å². The topological polar surface area (TPSA) is 373 Å². The van der Waals surface area contributed by atoms with Crippen molar-refractivity contribution in [2.45, 2.75) is 381 Å². The molecule has 3 aliphatic heterocycles. The number of aliphatic hydroxyl groups is 11. The van der Waals surface area contributed by atoms with Gasteiger partial charge in [-0.15, -0.1) is 0 Å². The number of carboxylic acids is 1. The summed E-state index contributed by atoms with van der Waals surface area (Å²) < 4.78 is 34.8. The molecule has 14 N–H and O–H groups in total. The molecule has 3 fully saturated rings. The van der Waals surface area contributed by atoms with Crippen LogP contribution in [-0.4, -0.2) is 215 Å². The van der Waals surface area contributed by atoms with E-state index in [1.807, 2.05) is 0 Å². The fraction of sp³-hybridized carbons (Fsp3) is 0.955. The van der Waals surface area contributed by atoms with Crippen LogP contribution in [0, 0.1) is 0 Å². The fourth-order valence-electron chi connectivity index (χ4n) is 12.7. The molecule has 0 radical (unpaired) electrons. The Balaban J connectivity index is 1.54. The number of aliphatic carboxylic acids is 1. The van der Waals surface area contributed by atoms with Gasteiger partial charge in [-0.25, -0.2) is 4.79 Å². The zero-order chi connectivity index (χ0) is 66.1. The number of carbonyl (C=O) groups excluding carboxylic acids is 2. The zero-order valence-electron chi connectivity index (χ0n) is 55.3. The number of amides is 2. The summed E-state index contributed by atoms with van der Waals surface area (Å²) in [4.78, 5) is 38.5. The smallest absolute Gasteiger partial charge is 0.364 e. The first-order valence-electron chi connectivity index (χ1n) is 35.4. The van der Waals surface area contributed by atoms with Crippen molar-refractivity contribution in [1.29, 1.82) is 0 Å². The van der Waals surface area contributed by atoms with Gasteiger partial charge in [-0.1, -0.05) is 239 Å². The lowest BCUT2D eigenvalue weighted by Gasteiger charge is -2.50. The highest BCUT2D eigenvalue weighted by molar-refractivity contribution is 5.77. The molecule has 0 saturated carbocycles. The Morgan fingerprint density at radius 3 is 1.39 bits per heavy atom. The maximum absolute atomic E-state index is 13.5. The molecule has 0 aliphatic carbocycles. The van der Waals surface area contributed by atoms with Gasteiger partial charge in [0.25, 0.3) is 5.79 Å². The van der Waals surface area contributed by atoms with Crippen molar-refractivity contribution in [3.8, 4) is 0 Å². The largest absolute Gasteiger partial charge is 0.477 e. The van der Waals surface area contributed by atoms with Gasteiger partial charge in [0.05, 0.1) is 50.7 Å². The van der Waals surface area contributed by atoms with Gasteiger partial charge < -0.3 is 100 Å². The van der Waals surface area contributed by atoms with E-state index in [-0.39, 0.29) is 18.9 Å². The van der Waals surface area contributed by atoms with E-state index in [0.717, 1.165) is 51.9 Å². The minimum absolute atomic E-state index is 0.229. The van der Waals surface area contributed by atoms with Crippen LogP contribution in [0.5, 0.6) is 0 Å². The third-order valence-corrected chi connectivity index (χ3v) is 18.3. The molecule has 0 aromatic carbocycles. The van der Waals surface area contributed by atoms with Gasteiger partial charge >= 0.3 is 5.97 Å². The van der Waals surface area contributed by atoms with Crippen molar-refractivity contribution in [3.63, 3.8) is 0 Å². The number of rotatable bonds is 54. The van der Waals surface area contributed by atoms with Gasteiger partial charge in [0.1, 0.15) is 67.1 Å². The Labute approximate surface area is 538 Å². The molecule has 0 bridgehead atoms. The Hall–Kier alpha value is -2.27. The van der Waals surface area contributed by atoms with Crippen LogP contribution in [0.1, 0.15) is 271 Å². The van der Waals surface area contributed by atoms with Crippen LogP contribution >= 0.6 is 0 Å². The second-order valence-corrected chi connectivity index (χ2v) is 26.1. The summed E-state index contributed by atoms with van der Waals surface area (Å²) >= 11 is 0. The molecule has 23 nitrogen and oxygen atoms in total. The van der Waals surface area contributed by atoms with Gasteiger partial charge in [0, 0.05) is 19.8 Å². The predicted molar refractivity (Wildman–Crippen MR) is 339 cm³/mol. The Kier molecular flexibility index (Phi) is 44.1. The maximum atomic E-state index is 13.5. The van der Waals surface area contributed by atoms with Gasteiger partial charge in [0.15, 0.2) is 12.6 Å². The standard InChI is InChI=1S/C67H126N2O21/c1-4-6-8-10-12-14-16-18-19-20-21-22-23-24-25-26-27-28-29-31-33-35-37-39-41-54(77)69-48(49(74)40-38-36-34-32-30-17-15-13-11-9-7-5-2)46-85-64-59(81)58(80)61(53(45-72)87-64)88-65-60(82)63(57(79)52(44-71)86-65)90-67(66(83)84)42-50(75)55(68-47(3)73)62(89-67)56(78)51(76)43-70/h48-53,55-65,70-72,74-76,78-82H,4-46H2,1-3H3,(H,68,73)(H,69,77)(H,83,84). The van der Waals surface area contributed by atoms with Crippen molar-refractivity contribution in [2.75, 3.05) is 26.4 Å². The van der Waals surface area contributed by atoms with E-state index >= 15 is 0 Å². The van der Waals surface area contributed by atoms with Crippen LogP contribution in [0.25, 0.3) is 0 Å². The molecule has 3 aliphatic rings. The average molecular weight is 1300 g/mol. The summed E-state index contributed by atoms with van der Waals surface area (Å²) in [6, 6.07) is -2.52. The van der Waals surface area contributed by atoms with E-state index in [1.165, 1.54) is 173 Å². The van der Waals surface area contributed by atoms with Gasteiger partial charge in [0.2, 0.25) is 11.8 Å². The molecule has 2 amide bonds. The second kappa shape index (κ2) is 48.4. The van der Waals surface area contributed by atoms with Crippen LogP contribution < -0.4 is 10.6 Å². The molecule has 0 aromatic rings. The van der Waals surface area contributed by atoms with Crippen LogP contribution in [-0.2, 0) is 42.8 Å². The molecule has 18 atom stereocenters. The monoisotopic (exact) mass is 1290 g/mol. The molecule has 3 heterocycles. The number of hydrogen-bond acceptors (Lipinski definition) is 20. The number of unbranched alkanes of at least 4 members (excludes halogenated alkanes) is 34. The number of carbonyl (C=O) groups is 3. The molecule has 3 saturated heterocycles. The Bertz CT molecular complexity index is 1830. The molecule has 90 heavy (non-hydrogen) atoms. The van der Waals surface area contributed by atoms with E-state index < -0.39 is 148 Å². The van der Waals surface area contributed by atoms with E-state index in [2.05, 4.69) is 24.5 Å². The molecule has 23 heteroatoms. The Morgan fingerprint density at radius 1 is 0.533 bits per heavy atom. The van der Waals surface area contributed by atoms with E-state index in [4.69, 9.17) is 28.4 Å². The fourth-order valence-corrected chi connectivity index (χ4v) is 12.7. The lowest BCUT2D eigenvalue weighted by molar-refractivity contribution is -0.386. The number of hydrogen-bond donors (Lipinski definition) is 14. The van der Waals surface area contributed by atoms with Crippen molar-refractivity contribution in [1.82, 2.24) is 10.6 Å². The van der Waals surface area contributed by atoms with Crippen molar-refractivity contribution in [2.24, 2.45) is 0 Å². The molecule has 3 rings (SSSR count). The van der Waals surface area contributed by atoms with Crippen LogP contribution in [0.3, 0.4) is 0 Å². The summed E-state index contributed by atoms with van der Waals surface area (Å²) in [5.74, 6) is -6.09. The lowest BCUT2D eigenvalue weighted by atomic mass is 9.88. The summed E-state index contributed by atoms with van der Waals surface area (Å²) in [5, 5.41) is 136. The van der Waals surface area contributed by atoms with Gasteiger partial charge in [-0.3, -0.25) is 9.59 Å². The minimum atomic E-state index is -3.08. The van der Waals surface area contributed by atoms with Crippen molar-refractivity contribution >= 4 is 17.8 Å². The highest BCUT2D eigenvalue weighted by Gasteiger charge is 2.60. The lowest BCUT2D eigenvalue weighted by Crippen LogP contribution is -2.70. The van der Waals surface area contributed by atoms with Crippen LogP contribution in [0.2, 0.25) is 0 Å². The first-order valence-corrected chi connectivity index (χ1v) is 35.4. The minimum Gasteiger partial charge on any atom is -0.477 e. The van der Waals surface area contributed by atoms with Crippen molar-refractivity contribution < 1.29 is 104 Å². The molecular formula is C67H126N2O21.